The van der Waals surface area contributed by atoms with Gasteiger partial charge in [0.15, 0.2) is 0 Å². The van der Waals surface area contributed by atoms with Gasteiger partial charge in [-0.1, -0.05) is 58.0 Å². The second-order valence-corrected chi connectivity index (χ2v) is 6.03. The molecule has 2 unspecified atom stereocenters. The summed E-state index contributed by atoms with van der Waals surface area (Å²) in [6.07, 6.45) is -0.279. The molecule has 1 aromatic rings. The topological polar surface area (TPSA) is 32.3 Å². The summed E-state index contributed by atoms with van der Waals surface area (Å²) in [6, 6.07) is 10.8. The molecule has 0 aliphatic carbocycles. The maximum atomic E-state index is 9.85. The van der Waals surface area contributed by atoms with Crippen LogP contribution in [-0.2, 0) is 5.41 Å². The number of hydrogen-bond donors (Lipinski definition) is 2. The van der Waals surface area contributed by atoms with E-state index < -0.39 is 0 Å². The van der Waals surface area contributed by atoms with Gasteiger partial charge < -0.3 is 10.4 Å². The van der Waals surface area contributed by atoms with E-state index in [0.29, 0.717) is 18.5 Å². The van der Waals surface area contributed by atoms with Gasteiger partial charge in [0.05, 0.1) is 6.10 Å². The smallest absolute Gasteiger partial charge is 0.0687 e. The molecule has 0 saturated heterocycles. The van der Waals surface area contributed by atoms with Crippen molar-refractivity contribution in [3.63, 3.8) is 0 Å². The summed E-state index contributed by atoms with van der Waals surface area (Å²) in [4.78, 5) is 0. The number of benzene rings is 1. The summed E-state index contributed by atoms with van der Waals surface area (Å²) in [5.41, 5.74) is 1.38. The van der Waals surface area contributed by atoms with Crippen LogP contribution in [0.5, 0.6) is 0 Å². The molecule has 1 aromatic carbocycles. The van der Waals surface area contributed by atoms with Gasteiger partial charge in [-0.3, -0.25) is 0 Å². The largest absolute Gasteiger partial charge is 0.392 e. The summed E-state index contributed by atoms with van der Waals surface area (Å²) >= 11 is 0. The lowest BCUT2D eigenvalue weighted by Crippen LogP contribution is -2.46. The molecule has 102 valence electrons. The minimum atomic E-state index is -0.279. The zero-order chi connectivity index (χ0) is 13.8. The molecular formula is C16H27NO. The van der Waals surface area contributed by atoms with Crippen LogP contribution in [0.2, 0.25) is 0 Å². The second kappa shape index (κ2) is 6.35. The Kier molecular flexibility index (Phi) is 5.36. The van der Waals surface area contributed by atoms with E-state index in [1.165, 1.54) is 5.56 Å². The van der Waals surface area contributed by atoms with Crippen molar-refractivity contribution >= 4 is 0 Å². The van der Waals surface area contributed by atoms with E-state index in [4.69, 9.17) is 0 Å². The van der Waals surface area contributed by atoms with Gasteiger partial charge in [-0.25, -0.2) is 0 Å². The molecule has 0 aromatic heterocycles. The molecule has 2 nitrogen and oxygen atoms in total. The van der Waals surface area contributed by atoms with Crippen LogP contribution in [0.3, 0.4) is 0 Å². The Bertz CT molecular complexity index is 345. The van der Waals surface area contributed by atoms with Crippen molar-refractivity contribution in [2.45, 2.75) is 52.2 Å². The molecule has 2 heteroatoms. The number of hydrogen-bond acceptors (Lipinski definition) is 2. The van der Waals surface area contributed by atoms with Gasteiger partial charge >= 0.3 is 0 Å². The highest BCUT2D eigenvalue weighted by molar-refractivity contribution is 5.25. The van der Waals surface area contributed by atoms with Crippen LogP contribution < -0.4 is 5.32 Å². The molecule has 0 amide bonds. The molecule has 0 fully saturated rings. The first-order chi connectivity index (χ1) is 8.35. The Hall–Kier alpha value is -0.860. The predicted molar refractivity (Wildman–Crippen MR) is 77.8 cm³/mol. The first-order valence-electron chi connectivity index (χ1n) is 6.82. The van der Waals surface area contributed by atoms with Crippen LogP contribution in [0.25, 0.3) is 0 Å². The van der Waals surface area contributed by atoms with Gasteiger partial charge in [-0.15, -0.1) is 0 Å². The average Bonchev–Trinajstić information content (AvgIpc) is 2.36. The van der Waals surface area contributed by atoms with Crippen molar-refractivity contribution in [3.8, 4) is 0 Å². The van der Waals surface area contributed by atoms with Gasteiger partial charge in [-0.05, 0) is 18.4 Å². The van der Waals surface area contributed by atoms with Crippen molar-refractivity contribution in [2.24, 2.45) is 5.92 Å². The number of aliphatic hydroxyl groups is 1. The van der Waals surface area contributed by atoms with Crippen molar-refractivity contribution < 1.29 is 5.11 Å². The second-order valence-electron chi connectivity index (χ2n) is 6.03. The normalized spacial score (nSPS) is 15.7. The number of rotatable bonds is 6. The van der Waals surface area contributed by atoms with Gasteiger partial charge in [0, 0.05) is 18.0 Å². The van der Waals surface area contributed by atoms with Crippen LogP contribution >= 0.6 is 0 Å². The third-order valence-electron chi connectivity index (χ3n) is 4.00. The molecule has 0 aliphatic heterocycles. The SMILES string of the molecule is CC(C)C(O)CNC(C)C(C)(C)c1ccccc1. The third kappa shape index (κ3) is 3.82. The molecule has 2 atom stereocenters. The molecule has 0 spiro atoms. The van der Waals surface area contributed by atoms with E-state index in [1.807, 2.05) is 19.9 Å². The van der Waals surface area contributed by atoms with Crippen LogP contribution in [-0.4, -0.2) is 23.8 Å². The minimum Gasteiger partial charge on any atom is -0.392 e. The molecule has 0 heterocycles. The summed E-state index contributed by atoms with van der Waals surface area (Å²) in [7, 11) is 0. The summed E-state index contributed by atoms with van der Waals surface area (Å²) in [6.45, 7) is 11.4. The van der Waals surface area contributed by atoms with Gasteiger partial charge in [0.1, 0.15) is 0 Å². The quantitative estimate of drug-likeness (QED) is 0.812. The third-order valence-corrected chi connectivity index (χ3v) is 4.00. The van der Waals surface area contributed by atoms with Gasteiger partial charge in [0.25, 0.3) is 0 Å². The monoisotopic (exact) mass is 249 g/mol. The van der Waals surface area contributed by atoms with E-state index >= 15 is 0 Å². The minimum absolute atomic E-state index is 0.0535. The molecule has 0 aliphatic rings. The Labute approximate surface area is 111 Å². The van der Waals surface area contributed by atoms with E-state index in [0.717, 1.165) is 0 Å². The van der Waals surface area contributed by atoms with Crippen molar-refractivity contribution in [3.05, 3.63) is 35.9 Å². The molecule has 0 radical (unpaired) electrons. The Morgan fingerprint density at radius 2 is 1.67 bits per heavy atom. The van der Waals surface area contributed by atoms with Crippen molar-refractivity contribution in [1.29, 1.82) is 0 Å². The zero-order valence-corrected chi connectivity index (χ0v) is 12.3. The first-order valence-corrected chi connectivity index (χ1v) is 6.82. The molecule has 2 N–H and O–H groups in total. The molecule has 0 saturated carbocycles. The van der Waals surface area contributed by atoms with Crippen molar-refractivity contribution in [2.75, 3.05) is 6.54 Å². The predicted octanol–water partition coefficient (Wildman–Crippen LogP) is 2.96. The van der Waals surface area contributed by atoms with Crippen LogP contribution in [0.15, 0.2) is 30.3 Å². The van der Waals surface area contributed by atoms with Gasteiger partial charge in [0.2, 0.25) is 0 Å². The van der Waals surface area contributed by atoms with Crippen molar-refractivity contribution in [1.82, 2.24) is 5.32 Å². The van der Waals surface area contributed by atoms with E-state index in [2.05, 4.69) is 50.4 Å². The highest BCUT2D eigenvalue weighted by Crippen LogP contribution is 2.26. The lowest BCUT2D eigenvalue weighted by atomic mass is 9.78. The maximum absolute atomic E-state index is 9.85. The number of aliphatic hydroxyl groups excluding tert-OH is 1. The Balaban J connectivity index is 2.63. The summed E-state index contributed by atoms with van der Waals surface area (Å²) in [5.74, 6) is 0.296. The highest BCUT2D eigenvalue weighted by atomic mass is 16.3. The van der Waals surface area contributed by atoms with E-state index in [1.54, 1.807) is 0 Å². The molecule has 0 bridgehead atoms. The zero-order valence-electron chi connectivity index (χ0n) is 12.3. The molecular weight excluding hydrogens is 222 g/mol. The Morgan fingerprint density at radius 1 is 1.11 bits per heavy atom. The summed E-state index contributed by atoms with van der Waals surface area (Å²) in [5, 5.41) is 13.3. The van der Waals surface area contributed by atoms with Crippen LogP contribution in [0, 0.1) is 5.92 Å². The van der Waals surface area contributed by atoms with Crippen LogP contribution in [0.4, 0.5) is 0 Å². The van der Waals surface area contributed by atoms with E-state index in [-0.39, 0.29) is 11.5 Å². The molecule has 1 rings (SSSR count). The summed E-state index contributed by atoms with van der Waals surface area (Å²) < 4.78 is 0. The fourth-order valence-electron chi connectivity index (χ4n) is 1.91. The molecule has 18 heavy (non-hydrogen) atoms. The van der Waals surface area contributed by atoms with E-state index in [9.17, 15) is 5.11 Å². The fraction of sp³-hybridized carbons (Fsp3) is 0.625. The van der Waals surface area contributed by atoms with Crippen LogP contribution in [0.1, 0.15) is 40.2 Å². The fourth-order valence-corrected chi connectivity index (χ4v) is 1.91. The standard InChI is InChI=1S/C16H27NO/c1-12(2)15(18)11-17-13(3)16(4,5)14-9-7-6-8-10-14/h6-10,12-13,15,17-18H,11H2,1-5H3. The highest BCUT2D eigenvalue weighted by Gasteiger charge is 2.27. The number of nitrogens with one attached hydrogen (secondary N) is 1. The average molecular weight is 249 g/mol. The lowest BCUT2D eigenvalue weighted by molar-refractivity contribution is 0.117. The Morgan fingerprint density at radius 3 is 2.17 bits per heavy atom. The first kappa shape index (κ1) is 15.2. The van der Waals surface area contributed by atoms with Gasteiger partial charge in [-0.2, -0.15) is 0 Å². The maximum Gasteiger partial charge on any atom is 0.0687 e. The lowest BCUT2D eigenvalue weighted by Gasteiger charge is -2.34.